The lowest BCUT2D eigenvalue weighted by atomic mass is 10.1. The number of hydrogen-bond acceptors (Lipinski definition) is 5. The molecule has 0 bridgehead atoms. The second-order valence-corrected chi connectivity index (χ2v) is 4.23. The highest BCUT2D eigenvalue weighted by molar-refractivity contribution is 7.99. The fraction of sp³-hybridized carbons (Fsp3) is 0.182. The molecule has 6 heteroatoms. The zero-order valence-electron chi connectivity index (χ0n) is 9.01. The van der Waals surface area contributed by atoms with Gasteiger partial charge in [-0.05, 0) is 24.3 Å². The van der Waals surface area contributed by atoms with Crippen molar-refractivity contribution in [1.29, 1.82) is 0 Å². The van der Waals surface area contributed by atoms with Gasteiger partial charge in [0.25, 0.3) is 5.22 Å². The van der Waals surface area contributed by atoms with Crippen LogP contribution >= 0.6 is 11.8 Å². The minimum atomic E-state index is -0.360. The normalized spacial score (nSPS) is 10.5. The number of thioether (sulfide) groups is 1. The third-order valence-corrected chi connectivity index (χ3v) is 2.82. The Morgan fingerprint density at radius 3 is 2.65 bits per heavy atom. The van der Waals surface area contributed by atoms with E-state index < -0.39 is 0 Å². The molecule has 4 nitrogen and oxygen atoms in total. The zero-order chi connectivity index (χ0) is 12.3. The summed E-state index contributed by atoms with van der Waals surface area (Å²) in [5, 5.41) is 7.77. The van der Waals surface area contributed by atoms with Crippen molar-refractivity contribution in [2.75, 3.05) is 5.75 Å². The molecule has 0 amide bonds. The van der Waals surface area contributed by atoms with Gasteiger partial charge in [0.15, 0.2) is 5.78 Å². The summed E-state index contributed by atoms with van der Waals surface area (Å²) in [7, 11) is 0. The first-order valence-electron chi connectivity index (χ1n) is 4.87. The van der Waals surface area contributed by atoms with E-state index in [0.29, 0.717) is 16.7 Å². The summed E-state index contributed by atoms with van der Waals surface area (Å²) in [6.07, 6.45) is 0. The van der Waals surface area contributed by atoms with Crippen molar-refractivity contribution in [2.45, 2.75) is 12.1 Å². The van der Waals surface area contributed by atoms with Crippen LogP contribution in [0.15, 0.2) is 33.9 Å². The minimum Gasteiger partial charge on any atom is -0.416 e. The lowest BCUT2D eigenvalue weighted by Crippen LogP contribution is -2.02. The summed E-state index contributed by atoms with van der Waals surface area (Å²) in [5.41, 5.74) is 0.468. The van der Waals surface area contributed by atoms with Crippen LogP contribution < -0.4 is 0 Å². The molecule has 0 radical (unpaired) electrons. The summed E-state index contributed by atoms with van der Waals surface area (Å²) in [4.78, 5) is 11.7. The number of Topliss-reactive ketones (excluding diaryl/α,β-unsaturated/α-hetero) is 1. The number of ketones is 1. The van der Waals surface area contributed by atoms with Crippen LogP contribution in [0.1, 0.15) is 16.2 Å². The van der Waals surface area contributed by atoms with Gasteiger partial charge in [-0.1, -0.05) is 11.8 Å². The summed E-state index contributed by atoms with van der Waals surface area (Å²) < 4.78 is 17.8. The van der Waals surface area contributed by atoms with Gasteiger partial charge in [0.05, 0.1) is 5.75 Å². The molecule has 17 heavy (non-hydrogen) atoms. The topological polar surface area (TPSA) is 56.0 Å². The van der Waals surface area contributed by atoms with Crippen LogP contribution in [0.2, 0.25) is 0 Å². The van der Waals surface area contributed by atoms with Crippen LogP contribution in [-0.2, 0) is 0 Å². The molecule has 0 atom stereocenters. The van der Waals surface area contributed by atoms with Gasteiger partial charge in [-0.3, -0.25) is 4.79 Å². The maximum atomic E-state index is 12.7. The van der Waals surface area contributed by atoms with E-state index in [1.54, 1.807) is 6.92 Å². The fourth-order valence-corrected chi connectivity index (χ4v) is 1.88. The van der Waals surface area contributed by atoms with Crippen LogP contribution in [0, 0.1) is 12.7 Å². The van der Waals surface area contributed by atoms with E-state index in [-0.39, 0.29) is 17.4 Å². The average Bonchev–Trinajstić information content (AvgIpc) is 2.73. The predicted octanol–water partition coefficient (Wildman–Crippen LogP) is 2.49. The molecule has 0 saturated carbocycles. The Bertz CT molecular complexity index is 525. The second kappa shape index (κ2) is 5.09. The van der Waals surface area contributed by atoms with Crippen molar-refractivity contribution in [3.8, 4) is 0 Å². The molecular formula is C11H9FN2O2S. The van der Waals surface area contributed by atoms with Crippen molar-refractivity contribution in [1.82, 2.24) is 10.2 Å². The number of carbonyl (C=O) groups is 1. The maximum Gasteiger partial charge on any atom is 0.277 e. The fourth-order valence-electron chi connectivity index (χ4n) is 1.18. The molecule has 2 rings (SSSR count). The Morgan fingerprint density at radius 2 is 2.06 bits per heavy atom. The Kier molecular flexibility index (Phi) is 3.53. The number of aromatic nitrogens is 2. The molecule has 0 aliphatic rings. The largest absolute Gasteiger partial charge is 0.416 e. The summed E-state index contributed by atoms with van der Waals surface area (Å²) >= 11 is 1.16. The Morgan fingerprint density at radius 1 is 1.35 bits per heavy atom. The van der Waals surface area contributed by atoms with E-state index in [2.05, 4.69) is 10.2 Å². The Labute approximate surface area is 101 Å². The van der Waals surface area contributed by atoms with Gasteiger partial charge in [0, 0.05) is 12.5 Å². The standard InChI is InChI=1S/C11H9FN2O2S/c1-7-13-14-11(16-7)17-6-10(15)8-2-4-9(12)5-3-8/h2-5H,6H2,1H3. The second-order valence-electron chi connectivity index (χ2n) is 3.31. The third kappa shape index (κ3) is 3.13. The third-order valence-electron chi connectivity index (χ3n) is 2.00. The molecular weight excluding hydrogens is 243 g/mol. The van der Waals surface area contributed by atoms with Crippen LogP contribution in [0.5, 0.6) is 0 Å². The highest BCUT2D eigenvalue weighted by atomic mass is 32.2. The molecule has 0 saturated heterocycles. The quantitative estimate of drug-likeness (QED) is 0.618. The number of hydrogen-bond donors (Lipinski definition) is 0. The molecule has 0 unspecified atom stereocenters. The van der Waals surface area contributed by atoms with E-state index >= 15 is 0 Å². The number of rotatable bonds is 4. The van der Waals surface area contributed by atoms with E-state index in [1.807, 2.05) is 0 Å². The number of nitrogens with zero attached hydrogens (tertiary/aromatic N) is 2. The Hall–Kier alpha value is -1.69. The SMILES string of the molecule is Cc1nnc(SCC(=O)c2ccc(F)cc2)o1. The van der Waals surface area contributed by atoms with Gasteiger partial charge in [0.2, 0.25) is 5.89 Å². The summed E-state index contributed by atoms with van der Waals surface area (Å²) in [5.74, 6) is 0.182. The summed E-state index contributed by atoms with van der Waals surface area (Å²) in [6.45, 7) is 1.68. The first-order chi connectivity index (χ1) is 8.15. The highest BCUT2D eigenvalue weighted by Gasteiger charge is 2.09. The molecule has 1 aromatic carbocycles. The molecule has 88 valence electrons. The van der Waals surface area contributed by atoms with Crippen molar-refractivity contribution in [3.05, 3.63) is 41.5 Å². The molecule has 1 heterocycles. The molecule has 0 aliphatic carbocycles. The number of halogens is 1. The van der Waals surface area contributed by atoms with E-state index in [9.17, 15) is 9.18 Å². The van der Waals surface area contributed by atoms with Gasteiger partial charge >= 0.3 is 0 Å². The smallest absolute Gasteiger partial charge is 0.277 e. The van der Waals surface area contributed by atoms with Crippen LogP contribution in [0.4, 0.5) is 4.39 Å². The van der Waals surface area contributed by atoms with E-state index in [4.69, 9.17) is 4.42 Å². The number of aryl methyl sites for hydroxylation is 1. The number of carbonyl (C=O) groups excluding carboxylic acids is 1. The van der Waals surface area contributed by atoms with Crippen molar-refractivity contribution in [2.24, 2.45) is 0 Å². The van der Waals surface area contributed by atoms with Crippen molar-refractivity contribution >= 4 is 17.5 Å². The van der Waals surface area contributed by atoms with Crippen LogP contribution in [0.3, 0.4) is 0 Å². The first-order valence-corrected chi connectivity index (χ1v) is 5.85. The molecule has 0 N–H and O–H groups in total. The van der Waals surface area contributed by atoms with Gasteiger partial charge in [0.1, 0.15) is 5.82 Å². The predicted molar refractivity (Wildman–Crippen MR) is 60.5 cm³/mol. The Balaban J connectivity index is 1.95. The van der Waals surface area contributed by atoms with E-state index in [0.717, 1.165) is 11.8 Å². The zero-order valence-corrected chi connectivity index (χ0v) is 9.83. The molecule has 2 aromatic rings. The molecule has 0 fully saturated rings. The first kappa shape index (κ1) is 11.8. The number of benzene rings is 1. The highest BCUT2D eigenvalue weighted by Crippen LogP contribution is 2.17. The van der Waals surface area contributed by atoms with Gasteiger partial charge in [-0.15, -0.1) is 10.2 Å². The minimum absolute atomic E-state index is 0.106. The monoisotopic (exact) mass is 252 g/mol. The molecule has 0 aliphatic heterocycles. The summed E-state index contributed by atoms with van der Waals surface area (Å²) in [6, 6.07) is 5.43. The maximum absolute atomic E-state index is 12.7. The van der Waals surface area contributed by atoms with Crippen LogP contribution in [0.25, 0.3) is 0 Å². The van der Waals surface area contributed by atoms with Crippen LogP contribution in [-0.4, -0.2) is 21.7 Å². The van der Waals surface area contributed by atoms with Crippen molar-refractivity contribution in [3.63, 3.8) is 0 Å². The average molecular weight is 252 g/mol. The lowest BCUT2D eigenvalue weighted by Gasteiger charge is -1.98. The molecule has 0 spiro atoms. The van der Waals surface area contributed by atoms with E-state index in [1.165, 1.54) is 24.3 Å². The van der Waals surface area contributed by atoms with Gasteiger partial charge in [-0.25, -0.2) is 4.39 Å². The molecule has 1 aromatic heterocycles. The van der Waals surface area contributed by atoms with Gasteiger partial charge < -0.3 is 4.42 Å². The lowest BCUT2D eigenvalue weighted by molar-refractivity contribution is 0.102. The van der Waals surface area contributed by atoms with Crippen molar-refractivity contribution < 1.29 is 13.6 Å². The van der Waals surface area contributed by atoms with Gasteiger partial charge in [-0.2, -0.15) is 0 Å².